The van der Waals surface area contributed by atoms with E-state index in [1.807, 2.05) is 11.9 Å². The standard InChI is InChI=1S/C17H25N3O5/c1-19-6-8-20(9-7-19)14(17(22)23)11-16(21)18-13-10-12(24-2)4-5-15(13)25-3/h4-5,10,14H,6-9,11H2,1-3H3,(H,18,21)(H,22,23)/t14-/m1/s1. The van der Waals surface area contributed by atoms with Crippen molar-refractivity contribution in [2.24, 2.45) is 0 Å². The van der Waals surface area contributed by atoms with Crippen molar-refractivity contribution in [1.82, 2.24) is 9.80 Å². The van der Waals surface area contributed by atoms with Crippen molar-refractivity contribution in [3.05, 3.63) is 18.2 Å². The number of carboxylic acids is 1. The number of amides is 1. The molecule has 0 bridgehead atoms. The topological polar surface area (TPSA) is 91.3 Å². The highest BCUT2D eigenvalue weighted by Crippen LogP contribution is 2.29. The number of methoxy groups -OCH3 is 2. The minimum absolute atomic E-state index is 0.126. The van der Waals surface area contributed by atoms with E-state index in [1.54, 1.807) is 18.2 Å². The molecule has 1 fully saturated rings. The molecule has 1 aliphatic heterocycles. The first-order valence-electron chi connectivity index (χ1n) is 8.12. The summed E-state index contributed by atoms with van der Waals surface area (Å²) in [5.41, 5.74) is 0.453. The van der Waals surface area contributed by atoms with Gasteiger partial charge in [0.1, 0.15) is 17.5 Å². The van der Waals surface area contributed by atoms with E-state index in [4.69, 9.17) is 9.47 Å². The average Bonchev–Trinajstić information content (AvgIpc) is 2.60. The lowest BCUT2D eigenvalue weighted by Crippen LogP contribution is -2.52. The summed E-state index contributed by atoms with van der Waals surface area (Å²) in [7, 11) is 5.03. The van der Waals surface area contributed by atoms with Crippen LogP contribution in [-0.2, 0) is 9.59 Å². The Morgan fingerprint density at radius 1 is 1.20 bits per heavy atom. The van der Waals surface area contributed by atoms with Crippen molar-refractivity contribution in [3.63, 3.8) is 0 Å². The highest BCUT2D eigenvalue weighted by molar-refractivity contribution is 5.95. The van der Waals surface area contributed by atoms with Gasteiger partial charge in [-0.15, -0.1) is 0 Å². The van der Waals surface area contributed by atoms with Crippen molar-refractivity contribution >= 4 is 17.6 Å². The molecule has 1 aromatic carbocycles. The normalized spacial score (nSPS) is 16.9. The quantitative estimate of drug-likeness (QED) is 0.748. The number of ether oxygens (including phenoxy) is 2. The zero-order valence-corrected chi connectivity index (χ0v) is 14.8. The Morgan fingerprint density at radius 2 is 1.88 bits per heavy atom. The first-order valence-corrected chi connectivity index (χ1v) is 8.12. The lowest BCUT2D eigenvalue weighted by atomic mass is 10.1. The second kappa shape index (κ2) is 8.68. The first-order chi connectivity index (χ1) is 11.9. The van der Waals surface area contributed by atoms with Gasteiger partial charge in [0.25, 0.3) is 0 Å². The zero-order chi connectivity index (χ0) is 18.4. The number of carbonyl (C=O) groups is 2. The third-order valence-corrected chi connectivity index (χ3v) is 4.32. The summed E-state index contributed by atoms with van der Waals surface area (Å²) in [6.45, 7) is 2.83. The van der Waals surface area contributed by atoms with Gasteiger partial charge in [-0.05, 0) is 19.2 Å². The van der Waals surface area contributed by atoms with Crippen molar-refractivity contribution in [3.8, 4) is 11.5 Å². The van der Waals surface area contributed by atoms with E-state index in [-0.39, 0.29) is 12.3 Å². The third-order valence-electron chi connectivity index (χ3n) is 4.32. The first kappa shape index (κ1) is 19.0. The van der Waals surface area contributed by atoms with Gasteiger partial charge in [-0.25, -0.2) is 0 Å². The second-order valence-electron chi connectivity index (χ2n) is 6.01. The summed E-state index contributed by atoms with van der Waals surface area (Å²) in [6.07, 6.45) is -0.126. The molecule has 0 radical (unpaired) electrons. The second-order valence-corrected chi connectivity index (χ2v) is 6.01. The molecule has 0 aromatic heterocycles. The van der Waals surface area contributed by atoms with Crippen LogP contribution in [0.5, 0.6) is 11.5 Å². The van der Waals surface area contributed by atoms with Crippen LogP contribution in [0.2, 0.25) is 0 Å². The predicted molar refractivity (Wildman–Crippen MR) is 93.3 cm³/mol. The molecule has 1 saturated heterocycles. The van der Waals surface area contributed by atoms with Crippen molar-refractivity contribution in [2.75, 3.05) is 52.8 Å². The highest BCUT2D eigenvalue weighted by Gasteiger charge is 2.30. The number of nitrogens with zero attached hydrogens (tertiary/aromatic N) is 2. The fourth-order valence-electron chi connectivity index (χ4n) is 2.79. The summed E-state index contributed by atoms with van der Waals surface area (Å²) >= 11 is 0. The molecule has 0 unspecified atom stereocenters. The predicted octanol–water partition coefficient (Wildman–Crippen LogP) is 0.733. The summed E-state index contributed by atoms with van der Waals surface area (Å²) in [5, 5.41) is 12.2. The van der Waals surface area contributed by atoms with Crippen LogP contribution in [0.25, 0.3) is 0 Å². The maximum Gasteiger partial charge on any atom is 0.321 e. The van der Waals surface area contributed by atoms with Crippen LogP contribution in [0.4, 0.5) is 5.69 Å². The average molecular weight is 351 g/mol. The van der Waals surface area contributed by atoms with Gasteiger partial charge < -0.3 is 24.8 Å². The van der Waals surface area contributed by atoms with Crippen LogP contribution in [0.3, 0.4) is 0 Å². The molecule has 2 N–H and O–H groups in total. The zero-order valence-electron chi connectivity index (χ0n) is 14.8. The van der Waals surface area contributed by atoms with Gasteiger partial charge in [-0.2, -0.15) is 0 Å². The van der Waals surface area contributed by atoms with Gasteiger partial charge in [-0.1, -0.05) is 0 Å². The monoisotopic (exact) mass is 351 g/mol. The number of hydrogen-bond donors (Lipinski definition) is 2. The van der Waals surface area contributed by atoms with Gasteiger partial charge in [0.05, 0.1) is 26.3 Å². The summed E-state index contributed by atoms with van der Waals surface area (Å²) in [5.74, 6) is -0.305. The van der Waals surface area contributed by atoms with Crippen LogP contribution in [0.15, 0.2) is 18.2 Å². The number of piperazine rings is 1. The molecule has 8 heteroatoms. The lowest BCUT2D eigenvalue weighted by molar-refractivity contribution is -0.145. The molecule has 138 valence electrons. The van der Waals surface area contributed by atoms with Crippen molar-refractivity contribution in [1.29, 1.82) is 0 Å². The molecular weight excluding hydrogens is 326 g/mol. The summed E-state index contributed by atoms with van der Waals surface area (Å²) in [4.78, 5) is 28.0. The molecule has 8 nitrogen and oxygen atoms in total. The Bertz CT molecular complexity index is 614. The molecule has 1 heterocycles. The molecular formula is C17H25N3O5. The number of hydrogen-bond acceptors (Lipinski definition) is 6. The Kier molecular flexibility index (Phi) is 6.60. The minimum atomic E-state index is -0.989. The molecule has 25 heavy (non-hydrogen) atoms. The Morgan fingerprint density at radius 3 is 2.44 bits per heavy atom. The maximum atomic E-state index is 12.4. The molecule has 1 aliphatic rings. The van der Waals surface area contributed by atoms with Crippen molar-refractivity contribution < 1.29 is 24.2 Å². The van der Waals surface area contributed by atoms with Crippen molar-refractivity contribution in [2.45, 2.75) is 12.5 Å². The van der Waals surface area contributed by atoms with Gasteiger partial charge in [-0.3, -0.25) is 14.5 Å². The fraction of sp³-hybridized carbons (Fsp3) is 0.529. The number of aliphatic carboxylic acids is 1. The largest absolute Gasteiger partial charge is 0.497 e. The number of nitrogens with one attached hydrogen (secondary N) is 1. The highest BCUT2D eigenvalue weighted by atomic mass is 16.5. The molecule has 0 saturated carbocycles. The maximum absolute atomic E-state index is 12.4. The van der Waals surface area contributed by atoms with E-state index in [9.17, 15) is 14.7 Å². The van der Waals surface area contributed by atoms with E-state index >= 15 is 0 Å². The van der Waals surface area contributed by atoms with E-state index in [0.29, 0.717) is 30.3 Å². The minimum Gasteiger partial charge on any atom is -0.497 e. The number of carboxylic acid groups (broad SMARTS) is 1. The Labute approximate surface area is 147 Å². The Balaban J connectivity index is 2.05. The smallest absolute Gasteiger partial charge is 0.321 e. The number of benzene rings is 1. The number of rotatable bonds is 7. The van der Waals surface area contributed by atoms with Crippen LogP contribution in [0, 0.1) is 0 Å². The Hall–Kier alpha value is -2.32. The van der Waals surface area contributed by atoms with Gasteiger partial charge in [0.15, 0.2) is 0 Å². The number of carbonyl (C=O) groups excluding carboxylic acids is 1. The molecule has 0 aliphatic carbocycles. The van der Waals surface area contributed by atoms with Gasteiger partial charge >= 0.3 is 5.97 Å². The van der Waals surface area contributed by atoms with Gasteiger partial charge in [0.2, 0.25) is 5.91 Å². The molecule has 1 aromatic rings. The van der Waals surface area contributed by atoms with E-state index in [1.165, 1.54) is 14.2 Å². The summed E-state index contributed by atoms with van der Waals surface area (Å²) < 4.78 is 10.4. The SMILES string of the molecule is COc1ccc(OC)c(NC(=O)C[C@H](C(=O)O)N2CCN(C)CC2)c1. The lowest BCUT2D eigenvalue weighted by Gasteiger charge is -2.35. The third kappa shape index (κ3) is 5.07. The fourth-order valence-corrected chi connectivity index (χ4v) is 2.79. The number of anilines is 1. The van der Waals surface area contributed by atoms with Crippen LogP contribution in [0.1, 0.15) is 6.42 Å². The number of likely N-dealkylation sites (N-methyl/N-ethyl adjacent to an activating group) is 1. The van der Waals surface area contributed by atoms with Crippen LogP contribution >= 0.6 is 0 Å². The molecule has 2 rings (SSSR count). The van der Waals surface area contributed by atoms with E-state index < -0.39 is 12.0 Å². The van der Waals surface area contributed by atoms with E-state index in [2.05, 4.69) is 10.2 Å². The van der Waals surface area contributed by atoms with E-state index in [0.717, 1.165) is 13.1 Å². The molecule has 1 amide bonds. The van der Waals surface area contributed by atoms with Gasteiger partial charge in [0, 0.05) is 32.2 Å². The summed E-state index contributed by atoms with van der Waals surface area (Å²) in [6, 6.07) is 4.20. The molecule has 1 atom stereocenters. The van der Waals surface area contributed by atoms with Crippen LogP contribution in [-0.4, -0.2) is 80.3 Å². The van der Waals surface area contributed by atoms with Crippen LogP contribution < -0.4 is 14.8 Å². The molecule has 0 spiro atoms.